The van der Waals surface area contributed by atoms with Crippen molar-refractivity contribution in [3.05, 3.63) is 12.4 Å². The average molecular weight is 123 g/mol. The van der Waals surface area contributed by atoms with Gasteiger partial charge in [-0.15, -0.1) is 11.6 Å². The Morgan fingerprint density at radius 2 is 2.29 bits per heavy atom. The fourth-order valence-electron chi connectivity index (χ4n) is 0.258. The predicted octanol–water partition coefficient (Wildman–Crippen LogP) is 2.49. The fourth-order valence-corrected chi connectivity index (χ4v) is 0.412. The topological polar surface area (TPSA) is 0 Å². The molecule has 0 radical (unpaired) electrons. The summed E-state index contributed by atoms with van der Waals surface area (Å²) in [5, 5.41) is 0. The summed E-state index contributed by atoms with van der Waals surface area (Å²) in [5.74, 6) is 0.615. The van der Waals surface area contributed by atoms with E-state index in [2.05, 4.69) is 0 Å². The van der Waals surface area contributed by atoms with Crippen LogP contribution in [-0.4, -0.2) is 5.88 Å². The van der Waals surface area contributed by atoms with Gasteiger partial charge < -0.3 is 0 Å². The SMILES string of the molecule is F/C=C/CCCCl. The molecule has 0 aliphatic carbocycles. The van der Waals surface area contributed by atoms with Crippen molar-refractivity contribution in [2.45, 2.75) is 12.8 Å². The lowest BCUT2D eigenvalue weighted by molar-refractivity contribution is 0.712. The van der Waals surface area contributed by atoms with Gasteiger partial charge in [-0.3, -0.25) is 0 Å². The van der Waals surface area contributed by atoms with E-state index in [4.69, 9.17) is 11.6 Å². The summed E-state index contributed by atoms with van der Waals surface area (Å²) < 4.78 is 11.1. The van der Waals surface area contributed by atoms with Crippen LogP contribution in [0.4, 0.5) is 4.39 Å². The minimum absolute atomic E-state index is 0.548. The van der Waals surface area contributed by atoms with E-state index < -0.39 is 0 Å². The monoisotopic (exact) mass is 122 g/mol. The van der Waals surface area contributed by atoms with Crippen molar-refractivity contribution >= 4 is 11.6 Å². The highest BCUT2D eigenvalue weighted by Gasteiger charge is 1.75. The molecule has 0 atom stereocenters. The van der Waals surface area contributed by atoms with Crippen LogP contribution in [0.2, 0.25) is 0 Å². The van der Waals surface area contributed by atoms with Gasteiger partial charge in [-0.2, -0.15) is 0 Å². The average Bonchev–Trinajstić information content (AvgIpc) is 1.69. The molecule has 0 rings (SSSR count). The zero-order valence-corrected chi connectivity index (χ0v) is 4.79. The highest BCUT2D eigenvalue weighted by atomic mass is 35.5. The standard InChI is InChI=1S/C5H8ClF/c6-4-2-1-3-5-7/h3,5H,1-2,4H2/b5-3+. The molecule has 0 nitrogen and oxygen atoms in total. The van der Waals surface area contributed by atoms with E-state index in [1.54, 1.807) is 0 Å². The maximum Gasteiger partial charge on any atom is 0.0827 e. The van der Waals surface area contributed by atoms with E-state index in [9.17, 15) is 4.39 Å². The van der Waals surface area contributed by atoms with Crippen molar-refractivity contribution in [1.82, 2.24) is 0 Å². The molecule has 0 heterocycles. The highest BCUT2D eigenvalue weighted by molar-refractivity contribution is 6.17. The van der Waals surface area contributed by atoms with Gasteiger partial charge in [0.15, 0.2) is 0 Å². The summed E-state index contributed by atoms with van der Waals surface area (Å²) in [4.78, 5) is 0. The summed E-state index contributed by atoms with van der Waals surface area (Å²) in [7, 11) is 0. The number of hydrogen-bond donors (Lipinski definition) is 0. The third kappa shape index (κ3) is 5.96. The van der Waals surface area contributed by atoms with Gasteiger partial charge in [0.05, 0.1) is 6.33 Å². The molecule has 0 unspecified atom stereocenters. The molecule has 0 bridgehead atoms. The molecule has 0 amide bonds. The number of hydrogen-bond acceptors (Lipinski definition) is 0. The summed E-state index contributed by atoms with van der Waals surface area (Å²) in [6.45, 7) is 0. The van der Waals surface area contributed by atoms with Crippen molar-refractivity contribution in [2.75, 3.05) is 5.88 Å². The van der Waals surface area contributed by atoms with Crippen molar-refractivity contribution in [2.24, 2.45) is 0 Å². The van der Waals surface area contributed by atoms with Crippen molar-refractivity contribution in [3.63, 3.8) is 0 Å². The lowest BCUT2D eigenvalue weighted by Crippen LogP contribution is -1.68. The second-order valence-corrected chi connectivity index (χ2v) is 1.57. The first-order valence-corrected chi connectivity index (χ1v) is 2.76. The Hall–Kier alpha value is -0.0400. The quantitative estimate of drug-likeness (QED) is 0.399. The number of alkyl halides is 1. The second-order valence-electron chi connectivity index (χ2n) is 1.19. The molecule has 0 aromatic heterocycles. The van der Waals surface area contributed by atoms with Crippen LogP contribution in [0.15, 0.2) is 12.4 Å². The number of halogens is 2. The van der Waals surface area contributed by atoms with Gasteiger partial charge in [0.2, 0.25) is 0 Å². The minimum atomic E-state index is 0.548. The second kappa shape index (κ2) is 5.96. The Balaban J connectivity index is 2.69. The van der Waals surface area contributed by atoms with E-state index in [-0.39, 0.29) is 0 Å². The third-order valence-corrected chi connectivity index (χ3v) is 0.861. The molecule has 42 valence electrons. The van der Waals surface area contributed by atoms with Crippen LogP contribution in [0, 0.1) is 0 Å². The zero-order chi connectivity index (χ0) is 5.54. The van der Waals surface area contributed by atoms with Crippen LogP contribution >= 0.6 is 11.6 Å². The molecule has 0 fully saturated rings. The Morgan fingerprint density at radius 3 is 2.71 bits per heavy atom. The number of allylic oxidation sites excluding steroid dienone is 1. The Labute approximate surface area is 48.0 Å². The lowest BCUT2D eigenvalue weighted by atomic mass is 10.3. The van der Waals surface area contributed by atoms with Crippen molar-refractivity contribution in [3.8, 4) is 0 Å². The smallest absolute Gasteiger partial charge is 0.0827 e. The van der Waals surface area contributed by atoms with E-state index in [1.807, 2.05) is 0 Å². The van der Waals surface area contributed by atoms with Crippen LogP contribution in [0.25, 0.3) is 0 Å². The fraction of sp³-hybridized carbons (Fsp3) is 0.600. The highest BCUT2D eigenvalue weighted by Crippen LogP contribution is 1.92. The van der Waals surface area contributed by atoms with Crippen LogP contribution < -0.4 is 0 Å². The molecule has 0 saturated heterocycles. The van der Waals surface area contributed by atoms with Gasteiger partial charge >= 0.3 is 0 Å². The maximum atomic E-state index is 11.1. The molecular weight excluding hydrogens is 115 g/mol. The first-order valence-electron chi connectivity index (χ1n) is 2.23. The van der Waals surface area contributed by atoms with Crippen LogP contribution in [-0.2, 0) is 0 Å². The summed E-state index contributed by atoms with van der Waals surface area (Å²) in [6, 6.07) is 0. The van der Waals surface area contributed by atoms with Crippen LogP contribution in [0.1, 0.15) is 12.8 Å². The van der Waals surface area contributed by atoms with E-state index in [0.29, 0.717) is 12.2 Å². The van der Waals surface area contributed by atoms with E-state index in [0.717, 1.165) is 12.8 Å². The summed E-state index contributed by atoms with van der Waals surface area (Å²) in [6.07, 6.45) is 3.62. The lowest BCUT2D eigenvalue weighted by Gasteiger charge is -1.81. The van der Waals surface area contributed by atoms with Gasteiger partial charge in [-0.25, -0.2) is 4.39 Å². The van der Waals surface area contributed by atoms with E-state index in [1.165, 1.54) is 6.08 Å². The summed E-state index contributed by atoms with van der Waals surface area (Å²) in [5.41, 5.74) is 0. The molecule has 0 aromatic carbocycles. The third-order valence-electron chi connectivity index (χ3n) is 0.594. The van der Waals surface area contributed by atoms with Gasteiger partial charge in [0.1, 0.15) is 0 Å². The molecule has 0 aromatic rings. The predicted molar refractivity (Wildman–Crippen MR) is 30.2 cm³/mol. The van der Waals surface area contributed by atoms with Gasteiger partial charge in [-0.1, -0.05) is 6.08 Å². The van der Waals surface area contributed by atoms with Gasteiger partial charge in [0.25, 0.3) is 0 Å². The Bertz CT molecular complexity index is 52.0. The van der Waals surface area contributed by atoms with E-state index >= 15 is 0 Å². The van der Waals surface area contributed by atoms with Crippen LogP contribution in [0.5, 0.6) is 0 Å². The maximum absolute atomic E-state index is 11.1. The molecule has 7 heavy (non-hydrogen) atoms. The molecule has 0 aliphatic heterocycles. The molecular formula is C5H8ClF. The van der Waals surface area contributed by atoms with Crippen LogP contribution in [0.3, 0.4) is 0 Å². The first-order chi connectivity index (χ1) is 3.41. The van der Waals surface area contributed by atoms with Gasteiger partial charge in [-0.05, 0) is 12.8 Å². The molecule has 0 spiro atoms. The van der Waals surface area contributed by atoms with Crippen molar-refractivity contribution < 1.29 is 4.39 Å². The minimum Gasteiger partial charge on any atom is -0.216 e. The molecule has 0 aliphatic rings. The Kier molecular flexibility index (Phi) is 5.93. The van der Waals surface area contributed by atoms with Gasteiger partial charge in [0, 0.05) is 5.88 Å². The molecule has 0 N–H and O–H groups in total. The van der Waals surface area contributed by atoms with Crippen molar-refractivity contribution in [1.29, 1.82) is 0 Å². The number of unbranched alkanes of at least 4 members (excludes halogenated alkanes) is 1. The molecule has 2 heteroatoms. The normalized spacial score (nSPS) is 10.6. The largest absolute Gasteiger partial charge is 0.216 e. The molecule has 0 saturated carbocycles. The Morgan fingerprint density at radius 1 is 1.57 bits per heavy atom. The first kappa shape index (κ1) is 6.96. The zero-order valence-electron chi connectivity index (χ0n) is 4.03. The number of rotatable bonds is 3. The summed E-state index contributed by atoms with van der Waals surface area (Å²) >= 11 is 5.28.